The van der Waals surface area contributed by atoms with E-state index < -0.39 is 18.2 Å². The van der Waals surface area contributed by atoms with Gasteiger partial charge in [0.15, 0.2) is 5.13 Å². The van der Waals surface area contributed by atoms with Crippen molar-refractivity contribution < 1.29 is 27.5 Å². The smallest absolute Gasteiger partial charge is 0.406 e. The zero-order valence-electron chi connectivity index (χ0n) is 11.4. The van der Waals surface area contributed by atoms with Gasteiger partial charge < -0.3 is 15.8 Å². The quantitative estimate of drug-likeness (QED) is 0.869. The third-order valence-corrected chi connectivity index (χ3v) is 3.28. The average Bonchev–Trinajstić information content (AvgIpc) is 2.88. The number of carbonyl (C=O) groups is 2. The monoisotopic (exact) mass is 345 g/mol. The zero-order valence-corrected chi connectivity index (χ0v) is 12.2. The van der Waals surface area contributed by atoms with Crippen LogP contribution in [0.5, 0.6) is 5.75 Å². The van der Waals surface area contributed by atoms with Gasteiger partial charge >= 0.3 is 6.36 Å². The normalized spacial score (nSPS) is 11.1. The lowest BCUT2D eigenvalue weighted by atomic mass is 10.1. The summed E-state index contributed by atoms with van der Waals surface area (Å²) in [7, 11) is 0. The number of alkyl halides is 3. The number of carbonyl (C=O) groups excluding carboxylic acids is 2. The summed E-state index contributed by atoms with van der Waals surface area (Å²) in [6.45, 7) is 0. The van der Waals surface area contributed by atoms with Gasteiger partial charge in [-0.2, -0.15) is 0 Å². The maximum atomic E-state index is 12.0. The van der Waals surface area contributed by atoms with Crippen molar-refractivity contribution in [3.05, 3.63) is 40.9 Å². The third kappa shape index (κ3) is 5.25. The molecule has 122 valence electrons. The Kier molecular flexibility index (Phi) is 4.84. The number of nitrogens with two attached hydrogens (primary N) is 1. The van der Waals surface area contributed by atoms with E-state index in [4.69, 9.17) is 5.73 Å². The van der Waals surface area contributed by atoms with Crippen LogP contribution in [0.1, 0.15) is 16.1 Å². The molecule has 0 saturated carbocycles. The Balaban J connectivity index is 1.93. The number of anilines is 1. The second-order valence-electron chi connectivity index (χ2n) is 4.32. The van der Waals surface area contributed by atoms with E-state index in [0.717, 1.165) is 23.5 Å². The van der Waals surface area contributed by atoms with Crippen molar-refractivity contribution >= 4 is 28.3 Å². The van der Waals surface area contributed by atoms with Crippen molar-refractivity contribution in [1.82, 2.24) is 4.98 Å². The maximum absolute atomic E-state index is 12.0. The van der Waals surface area contributed by atoms with E-state index in [9.17, 15) is 22.8 Å². The minimum atomic E-state index is -4.76. The SMILES string of the molecule is NC(=O)c1csc(NC(=O)Cc2ccc(OC(F)(F)F)cc2)n1. The van der Waals surface area contributed by atoms with Crippen LogP contribution in [0.2, 0.25) is 0 Å². The predicted octanol–water partition coefficient (Wildman–Crippen LogP) is 2.32. The van der Waals surface area contributed by atoms with Crippen molar-refractivity contribution in [2.24, 2.45) is 5.73 Å². The summed E-state index contributed by atoms with van der Waals surface area (Å²) in [5.74, 6) is -1.51. The lowest BCUT2D eigenvalue weighted by molar-refractivity contribution is -0.274. The van der Waals surface area contributed by atoms with E-state index >= 15 is 0 Å². The fourth-order valence-electron chi connectivity index (χ4n) is 1.60. The van der Waals surface area contributed by atoms with E-state index in [1.165, 1.54) is 17.5 Å². The Hall–Kier alpha value is -2.62. The number of amides is 2. The molecular formula is C13H10F3N3O3S. The van der Waals surface area contributed by atoms with Crippen molar-refractivity contribution in [3.63, 3.8) is 0 Å². The Morgan fingerprint density at radius 1 is 1.26 bits per heavy atom. The molecule has 6 nitrogen and oxygen atoms in total. The Morgan fingerprint density at radius 3 is 2.43 bits per heavy atom. The Bertz CT molecular complexity index is 713. The lowest BCUT2D eigenvalue weighted by Gasteiger charge is -2.09. The highest BCUT2D eigenvalue weighted by Gasteiger charge is 2.30. The summed E-state index contributed by atoms with van der Waals surface area (Å²) < 4.78 is 39.8. The molecule has 1 aromatic heterocycles. The number of hydrogen-bond donors (Lipinski definition) is 2. The van der Waals surface area contributed by atoms with Crippen LogP contribution in [0, 0.1) is 0 Å². The van der Waals surface area contributed by atoms with Crippen LogP contribution in [0.3, 0.4) is 0 Å². The largest absolute Gasteiger partial charge is 0.573 e. The standard InChI is InChI=1S/C13H10F3N3O3S/c14-13(15,16)22-8-3-1-7(2-4-8)5-10(20)19-12-18-9(6-23-12)11(17)21/h1-4,6H,5H2,(H2,17,21)(H,18,19,20). The second-order valence-corrected chi connectivity index (χ2v) is 5.18. The molecule has 0 aliphatic heterocycles. The lowest BCUT2D eigenvalue weighted by Crippen LogP contribution is -2.17. The van der Waals surface area contributed by atoms with Gasteiger partial charge in [0.05, 0.1) is 6.42 Å². The van der Waals surface area contributed by atoms with Crippen LogP contribution in [0.25, 0.3) is 0 Å². The molecule has 0 bridgehead atoms. The van der Waals surface area contributed by atoms with E-state index in [1.807, 2.05) is 0 Å². The van der Waals surface area contributed by atoms with E-state index in [2.05, 4.69) is 15.0 Å². The van der Waals surface area contributed by atoms with Crippen LogP contribution < -0.4 is 15.8 Å². The number of nitrogens with zero attached hydrogens (tertiary/aromatic N) is 1. The minimum absolute atomic E-state index is 0.0407. The molecule has 0 atom stereocenters. The van der Waals surface area contributed by atoms with Gasteiger partial charge in [-0.25, -0.2) is 4.98 Å². The first kappa shape index (κ1) is 16.7. The zero-order chi connectivity index (χ0) is 17.0. The Labute approximate surface area is 132 Å². The maximum Gasteiger partial charge on any atom is 0.573 e. The van der Waals surface area contributed by atoms with Crippen LogP contribution in [-0.2, 0) is 11.2 Å². The molecule has 23 heavy (non-hydrogen) atoms. The molecule has 1 aromatic carbocycles. The molecule has 0 spiro atoms. The predicted molar refractivity (Wildman–Crippen MR) is 76.1 cm³/mol. The molecule has 2 rings (SSSR count). The fraction of sp³-hybridized carbons (Fsp3) is 0.154. The molecule has 0 aliphatic rings. The summed E-state index contributed by atoms with van der Waals surface area (Å²) in [5, 5.41) is 4.08. The number of nitrogens with one attached hydrogen (secondary N) is 1. The van der Waals surface area contributed by atoms with E-state index in [0.29, 0.717) is 5.56 Å². The molecule has 0 unspecified atom stereocenters. The van der Waals surface area contributed by atoms with Gasteiger partial charge in [-0.15, -0.1) is 24.5 Å². The van der Waals surface area contributed by atoms with Gasteiger partial charge in [0.1, 0.15) is 11.4 Å². The Morgan fingerprint density at radius 2 is 1.91 bits per heavy atom. The highest BCUT2D eigenvalue weighted by molar-refractivity contribution is 7.14. The van der Waals surface area contributed by atoms with Crippen LogP contribution in [0.4, 0.5) is 18.3 Å². The number of hydrogen-bond acceptors (Lipinski definition) is 5. The first-order chi connectivity index (χ1) is 10.7. The van der Waals surface area contributed by atoms with Crippen molar-refractivity contribution in [1.29, 1.82) is 0 Å². The first-order valence-corrected chi connectivity index (χ1v) is 7.01. The average molecular weight is 345 g/mol. The van der Waals surface area contributed by atoms with Gasteiger partial charge in [0, 0.05) is 5.38 Å². The van der Waals surface area contributed by atoms with E-state index in [-0.39, 0.29) is 23.0 Å². The molecule has 3 N–H and O–H groups in total. The summed E-state index contributed by atoms with van der Waals surface area (Å²) in [6, 6.07) is 4.92. The highest BCUT2D eigenvalue weighted by Crippen LogP contribution is 2.23. The van der Waals surface area contributed by atoms with Crippen LogP contribution in [0.15, 0.2) is 29.6 Å². The number of halogens is 3. The number of ether oxygens (including phenoxy) is 1. The molecule has 0 fully saturated rings. The number of benzene rings is 1. The van der Waals surface area contributed by atoms with Crippen molar-refractivity contribution in [2.45, 2.75) is 12.8 Å². The van der Waals surface area contributed by atoms with Gasteiger partial charge in [0.25, 0.3) is 5.91 Å². The first-order valence-electron chi connectivity index (χ1n) is 6.13. The third-order valence-electron chi connectivity index (χ3n) is 2.52. The molecule has 0 aliphatic carbocycles. The molecule has 10 heteroatoms. The number of rotatable bonds is 5. The molecule has 0 radical (unpaired) electrons. The summed E-state index contributed by atoms with van der Waals surface area (Å²) >= 11 is 1.04. The van der Waals surface area contributed by atoms with Crippen LogP contribution in [-0.4, -0.2) is 23.2 Å². The van der Waals surface area contributed by atoms with Crippen LogP contribution >= 0.6 is 11.3 Å². The second kappa shape index (κ2) is 6.65. The molecular weight excluding hydrogens is 335 g/mol. The molecule has 1 heterocycles. The number of thiazole rings is 1. The van der Waals surface area contributed by atoms with Gasteiger partial charge in [-0.3, -0.25) is 9.59 Å². The number of aromatic nitrogens is 1. The van der Waals surface area contributed by atoms with Crippen molar-refractivity contribution in [2.75, 3.05) is 5.32 Å². The topological polar surface area (TPSA) is 94.3 Å². The van der Waals surface area contributed by atoms with E-state index in [1.54, 1.807) is 0 Å². The van der Waals surface area contributed by atoms with Gasteiger partial charge in [-0.1, -0.05) is 12.1 Å². The van der Waals surface area contributed by atoms with Gasteiger partial charge in [0.2, 0.25) is 5.91 Å². The molecule has 0 saturated heterocycles. The van der Waals surface area contributed by atoms with Gasteiger partial charge in [-0.05, 0) is 17.7 Å². The fourth-order valence-corrected chi connectivity index (χ4v) is 2.32. The summed E-state index contributed by atoms with van der Waals surface area (Å²) in [5.41, 5.74) is 5.57. The highest BCUT2D eigenvalue weighted by atomic mass is 32.1. The number of primary amides is 1. The summed E-state index contributed by atoms with van der Waals surface area (Å²) in [6.07, 6.45) is -4.83. The summed E-state index contributed by atoms with van der Waals surface area (Å²) in [4.78, 5) is 26.5. The molecule has 2 aromatic rings. The molecule has 2 amide bonds. The minimum Gasteiger partial charge on any atom is -0.406 e. The van der Waals surface area contributed by atoms with Crippen molar-refractivity contribution in [3.8, 4) is 5.75 Å².